The zero-order valence-electron chi connectivity index (χ0n) is 20.7. The minimum atomic E-state index is -0.567. The van der Waals surface area contributed by atoms with Crippen LogP contribution in [-0.4, -0.2) is 25.8 Å². The first-order chi connectivity index (χ1) is 16.3. The van der Waals surface area contributed by atoms with Crippen LogP contribution in [0.15, 0.2) is 39.5 Å². The summed E-state index contributed by atoms with van der Waals surface area (Å²) in [5.74, 6) is 0.994. The van der Waals surface area contributed by atoms with E-state index in [4.69, 9.17) is 23.4 Å². The van der Waals surface area contributed by atoms with Crippen LogP contribution in [0.5, 0.6) is 17.2 Å². The highest BCUT2D eigenvalue weighted by atomic mass is 16.5. The Morgan fingerprint density at radius 1 is 0.912 bits per heavy atom. The van der Waals surface area contributed by atoms with Crippen molar-refractivity contribution in [3.05, 3.63) is 63.0 Å². The highest BCUT2D eigenvalue weighted by molar-refractivity contribution is 5.91. The summed E-state index contributed by atoms with van der Waals surface area (Å²) in [6, 6.07) is 8.38. The van der Waals surface area contributed by atoms with Crippen molar-refractivity contribution in [2.75, 3.05) is 19.8 Å². The lowest BCUT2D eigenvalue weighted by molar-refractivity contribution is 0.0472. The summed E-state index contributed by atoms with van der Waals surface area (Å²) in [6.45, 7) is 12.9. The molecule has 0 amide bonds. The number of benzene rings is 2. The lowest BCUT2D eigenvalue weighted by atomic mass is 9.95. The quantitative estimate of drug-likeness (QED) is 0.275. The molecule has 0 N–H and O–H groups in total. The molecule has 0 bridgehead atoms. The SMILES string of the molecule is CCOc1cc(C(=O)OCc2cc(=O)oc3cc(C)c(C(C)C)cc23)cc(OCC)c1OCC. The van der Waals surface area contributed by atoms with E-state index < -0.39 is 11.6 Å². The Bertz CT molecular complexity index is 1200. The Kier molecular flexibility index (Phi) is 8.21. The Morgan fingerprint density at radius 3 is 2.09 bits per heavy atom. The van der Waals surface area contributed by atoms with E-state index in [-0.39, 0.29) is 12.2 Å². The summed E-state index contributed by atoms with van der Waals surface area (Å²) >= 11 is 0. The van der Waals surface area contributed by atoms with E-state index >= 15 is 0 Å². The molecule has 0 aliphatic heterocycles. The monoisotopic (exact) mass is 468 g/mol. The van der Waals surface area contributed by atoms with E-state index in [1.807, 2.05) is 39.8 Å². The Hall–Kier alpha value is -3.48. The summed E-state index contributed by atoms with van der Waals surface area (Å²) in [7, 11) is 0. The predicted molar refractivity (Wildman–Crippen MR) is 130 cm³/mol. The minimum Gasteiger partial charge on any atom is -0.490 e. The Labute approximate surface area is 199 Å². The molecule has 0 atom stereocenters. The van der Waals surface area contributed by atoms with Gasteiger partial charge >= 0.3 is 11.6 Å². The van der Waals surface area contributed by atoms with Gasteiger partial charge < -0.3 is 23.4 Å². The van der Waals surface area contributed by atoms with Crippen molar-refractivity contribution in [1.82, 2.24) is 0 Å². The molecule has 0 saturated heterocycles. The van der Waals surface area contributed by atoms with Crippen molar-refractivity contribution in [2.24, 2.45) is 0 Å². The minimum absolute atomic E-state index is 0.0807. The Balaban J connectivity index is 1.95. The first-order valence-corrected chi connectivity index (χ1v) is 11.6. The number of fused-ring (bicyclic) bond motifs is 1. The molecule has 182 valence electrons. The van der Waals surface area contributed by atoms with Gasteiger partial charge in [0, 0.05) is 17.0 Å². The summed E-state index contributed by atoms with van der Waals surface area (Å²) in [4.78, 5) is 25.1. The fraction of sp³-hybridized carbons (Fsp3) is 0.407. The van der Waals surface area contributed by atoms with E-state index in [0.717, 1.165) is 16.5 Å². The van der Waals surface area contributed by atoms with Crippen LogP contribution in [0.25, 0.3) is 11.0 Å². The molecule has 34 heavy (non-hydrogen) atoms. The van der Waals surface area contributed by atoms with Gasteiger partial charge in [0.05, 0.1) is 25.4 Å². The summed E-state index contributed by atoms with van der Waals surface area (Å²) < 4.78 is 28.0. The van der Waals surface area contributed by atoms with Gasteiger partial charge in [0.15, 0.2) is 11.5 Å². The van der Waals surface area contributed by atoms with Crippen molar-refractivity contribution in [1.29, 1.82) is 0 Å². The zero-order chi connectivity index (χ0) is 24.8. The third-order valence-electron chi connectivity index (χ3n) is 5.34. The molecular formula is C27H32O7. The third-order valence-corrected chi connectivity index (χ3v) is 5.34. The lowest BCUT2D eigenvalue weighted by Gasteiger charge is -2.17. The number of esters is 1. The largest absolute Gasteiger partial charge is 0.490 e. The molecule has 0 fully saturated rings. The van der Waals surface area contributed by atoms with Gasteiger partial charge in [-0.3, -0.25) is 0 Å². The molecule has 1 aromatic heterocycles. The number of aryl methyl sites for hydroxylation is 1. The van der Waals surface area contributed by atoms with Crippen LogP contribution in [-0.2, 0) is 11.3 Å². The molecule has 0 spiro atoms. The van der Waals surface area contributed by atoms with Gasteiger partial charge in [0.25, 0.3) is 0 Å². The van der Waals surface area contributed by atoms with Crippen molar-refractivity contribution in [3.63, 3.8) is 0 Å². The number of hydrogen-bond donors (Lipinski definition) is 0. The van der Waals surface area contributed by atoms with Crippen LogP contribution in [0.1, 0.15) is 67.6 Å². The van der Waals surface area contributed by atoms with E-state index in [9.17, 15) is 9.59 Å². The van der Waals surface area contributed by atoms with Crippen LogP contribution in [0, 0.1) is 6.92 Å². The maximum atomic E-state index is 13.0. The normalized spacial score (nSPS) is 11.0. The number of ether oxygens (including phenoxy) is 4. The molecule has 3 aromatic rings. The number of hydrogen-bond acceptors (Lipinski definition) is 7. The van der Waals surface area contributed by atoms with E-state index in [1.54, 1.807) is 12.1 Å². The fourth-order valence-corrected chi connectivity index (χ4v) is 3.87. The average Bonchev–Trinajstić information content (AvgIpc) is 2.78. The second-order valence-electron chi connectivity index (χ2n) is 8.13. The maximum absolute atomic E-state index is 13.0. The molecule has 0 saturated carbocycles. The Morgan fingerprint density at radius 2 is 1.53 bits per heavy atom. The molecule has 0 unspecified atom stereocenters. The molecule has 7 heteroatoms. The summed E-state index contributed by atoms with van der Waals surface area (Å²) in [6.07, 6.45) is 0. The van der Waals surface area contributed by atoms with Gasteiger partial charge in [-0.25, -0.2) is 9.59 Å². The lowest BCUT2D eigenvalue weighted by Crippen LogP contribution is -2.10. The van der Waals surface area contributed by atoms with Gasteiger partial charge in [0.2, 0.25) is 5.75 Å². The number of carbonyl (C=O) groups is 1. The van der Waals surface area contributed by atoms with E-state index in [1.165, 1.54) is 6.07 Å². The van der Waals surface area contributed by atoms with Crippen molar-refractivity contribution in [3.8, 4) is 17.2 Å². The highest BCUT2D eigenvalue weighted by Gasteiger charge is 2.20. The van der Waals surface area contributed by atoms with E-state index in [2.05, 4.69) is 13.8 Å². The highest BCUT2D eigenvalue weighted by Crippen LogP contribution is 2.39. The zero-order valence-corrected chi connectivity index (χ0v) is 20.7. The second kappa shape index (κ2) is 11.1. The smallest absolute Gasteiger partial charge is 0.338 e. The topological polar surface area (TPSA) is 84.2 Å². The standard InChI is InChI=1S/C27H32O7/c1-7-30-23-11-18(12-24(31-8-2)26(23)32-9-3)27(29)33-15-19-13-25(28)34-22-10-17(6)20(16(4)5)14-21(19)22/h10-14,16H,7-9,15H2,1-6H3. The van der Waals surface area contributed by atoms with Gasteiger partial charge in [-0.2, -0.15) is 0 Å². The first kappa shape index (κ1) is 25.1. The van der Waals surface area contributed by atoms with Gasteiger partial charge in [-0.1, -0.05) is 13.8 Å². The van der Waals surface area contributed by atoms with Crippen molar-refractivity contribution >= 4 is 16.9 Å². The van der Waals surface area contributed by atoms with Crippen molar-refractivity contribution < 1.29 is 28.2 Å². The third kappa shape index (κ3) is 5.53. The second-order valence-corrected chi connectivity index (χ2v) is 8.13. The van der Waals surface area contributed by atoms with Gasteiger partial charge in [-0.15, -0.1) is 0 Å². The maximum Gasteiger partial charge on any atom is 0.338 e. The van der Waals surface area contributed by atoms with Crippen LogP contribution < -0.4 is 19.8 Å². The summed E-state index contributed by atoms with van der Waals surface area (Å²) in [5, 5.41) is 0.749. The number of carbonyl (C=O) groups excluding carboxylic acids is 1. The average molecular weight is 469 g/mol. The molecule has 3 rings (SSSR count). The summed E-state index contributed by atoms with van der Waals surface area (Å²) in [5.41, 5.74) is 3.01. The van der Waals surface area contributed by atoms with Crippen molar-refractivity contribution in [2.45, 2.75) is 54.1 Å². The molecule has 1 heterocycles. The molecule has 0 aliphatic rings. The van der Waals surface area contributed by atoms with Crippen LogP contribution >= 0.6 is 0 Å². The van der Waals surface area contributed by atoms with Gasteiger partial charge in [0.1, 0.15) is 12.2 Å². The molecule has 0 radical (unpaired) electrons. The van der Waals surface area contributed by atoms with E-state index in [0.29, 0.717) is 54.1 Å². The predicted octanol–water partition coefficient (Wildman–Crippen LogP) is 5.78. The molecule has 2 aromatic carbocycles. The molecular weight excluding hydrogens is 436 g/mol. The fourth-order valence-electron chi connectivity index (χ4n) is 3.87. The van der Waals surface area contributed by atoms with Crippen LogP contribution in [0.3, 0.4) is 0 Å². The molecule has 7 nitrogen and oxygen atoms in total. The first-order valence-electron chi connectivity index (χ1n) is 11.6. The van der Waals surface area contributed by atoms with Gasteiger partial charge in [-0.05, 0) is 69.0 Å². The number of rotatable bonds is 10. The van der Waals surface area contributed by atoms with Crippen LogP contribution in [0.2, 0.25) is 0 Å². The molecule has 0 aliphatic carbocycles. The van der Waals surface area contributed by atoms with Crippen LogP contribution in [0.4, 0.5) is 0 Å².